The zero-order valence-electron chi connectivity index (χ0n) is 10.5. The largest absolute Gasteiger partial charge is 0.481 e. The van der Waals surface area contributed by atoms with Crippen LogP contribution in [0.4, 0.5) is 0 Å². The lowest BCUT2D eigenvalue weighted by atomic mass is 10.0. The molecule has 1 N–H and O–H groups in total. The Labute approximate surface area is 129 Å². The molecule has 19 heavy (non-hydrogen) atoms. The number of halogens is 2. The molecule has 1 aliphatic rings. The van der Waals surface area contributed by atoms with Crippen LogP contribution in [0.15, 0.2) is 27.1 Å². The van der Waals surface area contributed by atoms with Gasteiger partial charge in [-0.3, -0.25) is 9.69 Å². The fourth-order valence-electron chi connectivity index (χ4n) is 2.26. The minimum absolute atomic E-state index is 0.0695. The molecule has 0 radical (unpaired) electrons. The highest BCUT2D eigenvalue weighted by Gasteiger charge is 2.36. The number of carbonyl (C=O) groups is 1. The summed E-state index contributed by atoms with van der Waals surface area (Å²) in [7, 11) is 1.94. The lowest BCUT2D eigenvalue weighted by Crippen LogP contribution is -2.40. The van der Waals surface area contributed by atoms with Crippen molar-refractivity contribution < 1.29 is 14.6 Å². The lowest BCUT2D eigenvalue weighted by molar-refractivity contribution is -0.143. The molecule has 2 rings (SSSR count). The molecular weight excluding hydrogens is 378 g/mol. The van der Waals surface area contributed by atoms with Gasteiger partial charge in [0.2, 0.25) is 0 Å². The number of rotatable bonds is 4. The number of hydrogen-bond donors (Lipinski definition) is 1. The summed E-state index contributed by atoms with van der Waals surface area (Å²) in [6.45, 7) is 1.48. The van der Waals surface area contributed by atoms with E-state index >= 15 is 0 Å². The molecule has 104 valence electrons. The Morgan fingerprint density at radius 3 is 2.79 bits per heavy atom. The van der Waals surface area contributed by atoms with E-state index in [1.54, 1.807) is 0 Å². The van der Waals surface area contributed by atoms with E-state index in [1.165, 1.54) is 0 Å². The van der Waals surface area contributed by atoms with Crippen LogP contribution in [0.5, 0.6) is 0 Å². The van der Waals surface area contributed by atoms with E-state index in [0.29, 0.717) is 19.8 Å². The molecule has 6 heteroatoms. The van der Waals surface area contributed by atoms with Crippen molar-refractivity contribution in [2.45, 2.75) is 12.6 Å². The van der Waals surface area contributed by atoms with Gasteiger partial charge in [-0.15, -0.1) is 0 Å². The lowest BCUT2D eigenvalue weighted by Gasteiger charge is -2.26. The Bertz CT molecular complexity index is 481. The zero-order valence-corrected chi connectivity index (χ0v) is 13.6. The van der Waals surface area contributed by atoms with Gasteiger partial charge in [0.25, 0.3) is 0 Å². The minimum Gasteiger partial charge on any atom is -0.481 e. The summed E-state index contributed by atoms with van der Waals surface area (Å²) >= 11 is 6.90. The molecule has 1 aliphatic heterocycles. The van der Waals surface area contributed by atoms with Gasteiger partial charge in [-0.25, -0.2) is 0 Å². The third-order valence-corrected chi connectivity index (χ3v) is 5.23. The number of carboxylic acid groups (broad SMARTS) is 1. The normalized spacial score (nSPS) is 22.9. The highest BCUT2D eigenvalue weighted by Crippen LogP contribution is 2.26. The SMILES string of the molecule is CN(Cc1ccc(Br)c(Br)c1)C1COCC1C(=O)O. The molecule has 0 spiro atoms. The van der Waals surface area contributed by atoms with Crippen molar-refractivity contribution in [3.8, 4) is 0 Å². The van der Waals surface area contributed by atoms with E-state index in [0.717, 1.165) is 14.5 Å². The maximum Gasteiger partial charge on any atom is 0.310 e. The third kappa shape index (κ3) is 3.56. The quantitative estimate of drug-likeness (QED) is 0.855. The van der Waals surface area contributed by atoms with Gasteiger partial charge < -0.3 is 9.84 Å². The predicted molar refractivity (Wildman–Crippen MR) is 79.0 cm³/mol. The van der Waals surface area contributed by atoms with E-state index in [4.69, 9.17) is 9.84 Å². The Morgan fingerprint density at radius 2 is 2.16 bits per heavy atom. The molecular formula is C13H15Br2NO3. The van der Waals surface area contributed by atoms with Gasteiger partial charge in [-0.05, 0) is 56.6 Å². The van der Waals surface area contributed by atoms with E-state index in [1.807, 2.05) is 30.1 Å². The van der Waals surface area contributed by atoms with Crippen LogP contribution in [-0.4, -0.2) is 42.3 Å². The molecule has 1 fully saturated rings. The number of aliphatic carboxylic acids is 1. The van der Waals surface area contributed by atoms with Gasteiger partial charge in [0.1, 0.15) is 0 Å². The topological polar surface area (TPSA) is 49.8 Å². The average Bonchev–Trinajstić information content (AvgIpc) is 2.83. The molecule has 0 bridgehead atoms. The standard InChI is InChI=1S/C13H15Br2NO3/c1-16(12-7-19-6-9(12)13(17)18)5-8-2-3-10(14)11(15)4-8/h2-4,9,12H,5-7H2,1H3,(H,17,18). The summed E-state index contributed by atoms with van der Waals surface area (Å²) in [5, 5.41) is 9.16. The summed E-state index contributed by atoms with van der Waals surface area (Å²) in [5.74, 6) is -1.23. The van der Waals surface area contributed by atoms with Crippen molar-refractivity contribution in [2.24, 2.45) is 5.92 Å². The maximum absolute atomic E-state index is 11.1. The maximum atomic E-state index is 11.1. The molecule has 2 unspecified atom stereocenters. The predicted octanol–water partition coefficient (Wildman–Crippen LogP) is 2.74. The Kier molecular flexibility index (Phi) is 5.00. The van der Waals surface area contributed by atoms with Crippen molar-refractivity contribution >= 4 is 37.8 Å². The van der Waals surface area contributed by atoms with Gasteiger partial charge in [0.05, 0.1) is 19.1 Å². The van der Waals surface area contributed by atoms with Gasteiger partial charge >= 0.3 is 5.97 Å². The summed E-state index contributed by atoms with van der Waals surface area (Å²) < 4.78 is 7.30. The van der Waals surface area contributed by atoms with Crippen LogP contribution < -0.4 is 0 Å². The van der Waals surface area contributed by atoms with E-state index in [-0.39, 0.29) is 6.04 Å². The van der Waals surface area contributed by atoms with Crippen LogP contribution in [0, 0.1) is 5.92 Å². The van der Waals surface area contributed by atoms with Crippen molar-refractivity contribution in [3.05, 3.63) is 32.7 Å². The average molecular weight is 393 g/mol. The molecule has 1 aromatic rings. The van der Waals surface area contributed by atoms with Gasteiger partial charge in [0, 0.05) is 21.5 Å². The number of likely N-dealkylation sites (N-methyl/N-ethyl adjacent to an activating group) is 1. The van der Waals surface area contributed by atoms with Crippen LogP contribution in [0.1, 0.15) is 5.56 Å². The summed E-state index contributed by atoms with van der Waals surface area (Å²) in [5.41, 5.74) is 1.13. The van der Waals surface area contributed by atoms with Crippen molar-refractivity contribution in [1.29, 1.82) is 0 Å². The van der Waals surface area contributed by atoms with Gasteiger partial charge in [-0.1, -0.05) is 6.07 Å². The summed E-state index contributed by atoms with van der Waals surface area (Å²) in [6.07, 6.45) is 0. The van der Waals surface area contributed by atoms with Gasteiger partial charge in [-0.2, -0.15) is 0 Å². The first-order chi connectivity index (χ1) is 8.99. The molecule has 1 aromatic carbocycles. The second-order valence-electron chi connectivity index (χ2n) is 4.71. The van der Waals surface area contributed by atoms with Crippen LogP contribution in [-0.2, 0) is 16.1 Å². The van der Waals surface area contributed by atoms with Crippen molar-refractivity contribution in [3.63, 3.8) is 0 Å². The molecule has 0 aromatic heterocycles. The first-order valence-corrected chi connectivity index (χ1v) is 7.52. The molecule has 1 saturated heterocycles. The van der Waals surface area contributed by atoms with Crippen LogP contribution in [0.3, 0.4) is 0 Å². The van der Waals surface area contributed by atoms with Crippen molar-refractivity contribution in [2.75, 3.05) is 20.3 Å². The minimum atomic E-state index is -0.786. The Hall–Kier alpha value is -0.430. The second kappa shape index (κ2) is 6.35. The first-order valence-electron chi connectivity index (χ1n) is 5.93. The van der Waals surface area contributed by atoms with Crippen molar-refractivity contribution in [1.82, 2.24) is 4.90 Å². The summed E-state index contributed by atoms with van der Waals surface area (Å²) in [4.78, 5) is 13.2. The van der Waals surface area contributed by atoms with E-state index in [9.17, 15) is 4.79 Å². The highest BCUT2D eigenvalue weighted by molar-refractivity contribution is 9.13. The van der Waals surface area contributed by atoms with Gasteiger partial charge in [0.15, 0.2) is 0 Å². The second-order valence-corrected chi connectivity index (χ2v) is 6.42. The Morgan fingerprint density at radius 1 is 1.42 bits per heavy atom. The number of benzene rings is 1. The van der Waals surface area contributed by atoms with Crippen LogP contribution in [0.25, 0.3) is 0 Å². The molecule has 4 nitrogen and oxygen atoms in total. The molecule has 0 saturated carbocycles. The third-order valence-electron chi connectivity index (χ3n) is 3.35. The molecule has 2 atom stereocenters. The Balaban J connectivity index is 2.05. The highest BCUT2D eigenvalue weighted by atomic mass is 79.9. The van der Waals surface area contributed by atoms with Crippen LogP contribution >= 0.6 is 31.9 Å². The monoisotopic (exact) mass is 391 g/mol. The molecule has 1 heterocycles. The van der Waals surface area contributed by atoms with E-state index in [2.05, 4.69) is 31.9 Å². The summed E-state index contributed by atoms with van der Waals surface area (Å²) in [6, 6.07) is 5.97. The number of carboxylic acids is 1. The molecule has 0 aliphatic carbocycles. The molecule has 0 amide bonds. The zero-order chi connectivity index (χ0) is 14.0. The smallest absolute Gasteiger partial charge is 0.310 e. The number of ether oxygens (including phenoxy) is 1. The van der Waals surface area contributed by atoms with Crippen LogP contribution in [0.2, 0.25) is 0 Å². The first kappa shape index (κ1) is 15.0. The van der Waals surface area contributed by atoms with E-state index < -0.39 is 11.9 Å². The fourth-order valence-corrected chi connectivity index (χ4v) is 2.93. The number of nitrogens with zero attached hydrogens (tertiary/aromatic N) is 1. The number of hydrogen-bond acceptors (Lipinski definition) is 3. The fraction of sp³-hybridized carbons (Fsp3) is 0.462.